The largest absolute Gasteiger partial charge is 0.459 e. The number of nitrogens with one attached hydrogen (secondary N) is 1. The zero-order valence-corrected chi connectivity index (χ0v) is 18.5. The van der Waals surface area contributed by atoms with Crippen LogP contribution in [0.1, 0.15) is 29.1 Å². The highest BCUT2D eigenvalue weighted by atomic mass is 32.1. The minimum atomic E-state index is -0.414. The van der Waals surface area contributed by atoms with Crippen molar-refractivity contribution in [1.29, 1.82) is 0 Å². The third-order valence-corrected chi connectivity index (χ3v) is 5.98. The molecule has 5 rings (SSSR count). The van der Waals surface area contributed by atoms with Gasteiger partial charge in [-0.1, -0.05) is 35.9 Å². The van der Waals surface area contributed by atoms with Gasteiger partial charge in [0.2, 0.25) is 0 Å². The fourth-order valence-corrected chi connectivity index (χ4v) is 4.41. The van der Waals surface area contributed by atoms with Crippen molar-refractivity contribution in [2.75, 3.05) is 4.90 Å². The summed E-state index contributed by atoms with van der Waals surface area (Å²) >= 11 is 5.73. The molecular formula is C25H20N4O3S. The Bertz CT molecular complexity index is 1320. The fourth-order valence-electron chi connectivity index (χ4n) is 4.07. The summed E-state index contributed by atoms with van der Waals surface area (Å²) in [4.78, 5) is 17.4. The number of furan rings is 1. The van der Waals surface area contributed by atoms with Crippen molar-refractivity contribution in [3.63, 3.8) is 0 Å². The molecule has 4 aromatic rings. The van der Waals surface area contributed by atoms with Gasteiger partial charge in [0.25, 0.3) is 5.69 Å². The molecule has 164 valence electrons. The maximum atomic E-state index is 11.2. The lowest BCUT2D eigenvalue weighted by atomic mass is 10.0. The van der Waals surface area contributed by atoms with Gasteiger partial charge in [-0.25, -0.2) is 0 Å². The van der Waals surface area contributed by atoms with Gasteiger partial charge in [0.15, 0.2) is 5.11 Å². The van der Waals surface area contributed by atoms with Crippen molar-refractivity contribution < 1.29 is 9.34 Å². The lowest BCUT2D eigenvalue weighted by molar-refractivity contribution is -0.384. The van der Waals surface area contributed by atoms with Crippen LogP contribution in [0.5, 0.6) is 0 Å². The number of benzene rings is 2. The molecule has 0 radical (unpaired) electrons. The van der Waals surface area contributed by atoms with Crippen LogP contribution in [-0.4, -0.2) is 15.0 Å². The predicted molar refractivity (Wildman–Crippen MR) is 130 cm³/mol. The zero-order valence-electron chi connectivity index (χ0n) is 17.7. The molecule has 0 spiro atoms. The maximum absolute atomic E-state index is 11.2. The van der Waals surface area contributed by atoms with Crippen LogP contribution in [0, 0.1) is 17.0 Å². The molecule has 7 nitrogen and oxygen atoms in total. The summed E-state index contributed by atoms with van der Waals surface area (Å²) in [6.45, 7) is 2.04. The lowest BCUT2D eigenvalue weighted by Crippen LogP contribution is -2.29. The van der Waals surface area contributed by atoms with Crippen molar-refractivity contribution in [1.82, 2.24) is 10.3 Å². The molecule has 1 aliphatic heterocycles. The van der Waals surface area contributed by atoms with Crippen molar-refractivity contribution >= 4 is 28.7 Å². The number of nitro groups is 1. The summed E-state index contributed by atoms with van der Waals surface area (Å²) in [6, 6.07) is 23.5. The number of hydrogen-bond acceptors (Lipinski definition) is 5. The molecule has 2 atom stereocenters. The molecule has 1 N–H and O–H groups in total. The summed E-state index contributed by atoms with van der Waals surface area (Å²) in [7, 11) is 0. The van der Waals surface area contributed by atoms with Gasteiger partial charge in [-0.15, -0.1) is 0 Å². The molecule has 1 saturated heterocycles. The van der Waals surface area contributed by atoms with E-state index in [0.29, 0.717) is 22.2 Å². The first-order chi connectivity index (χ1) is 16.0. The van der Waals surface area contributed by atoms with Gasteiger partial charge in [-0.2, -0.15) is 0 Å². The smallest absolute Gasteiger partial charge is 0.270 e. The second-order valence-corrected chi connectivity index (χ2v) is 8.23. The van der Waals surface area contributed by atoms with E-state index in [9.17, 15) is 10.1 Å². The Morgan fingerprint density at radius 1 is 1.06 bits per heavy atom. The number of rotatable bonds is 5. The van der Waals surface area contributed by atoms with Crippen LogP contribution < -0.4 is 10.2 Å². The van der Waals surface area contributed by atoms with Crippen LogP contribution in [0.2, 0.25) is 0 Å². The van der Waals surface area contributed by atoms with E-state index in [-0.39, 0.29) is 17.8 Å². The number of aromatic nitrogens is 1. The number of nitrogens with zero attached hydrogens (tertiary/aromatic N) is 3. The van der Waals surface area contributed by atoms with E-state index in [2.05, 4.69) is 10.3 Å². The molecule has 0 bridgehead atoms. The van der Waals surface area contributed by atoms with Crippen LogP contribution in [0.4, 0.5) is 11.4 Å². The first-order valence-corrected chi connectivity index (χ1v) is 10.8. The van der Waals surface area contributed by atoms with Gasteiger partial charge in [0, 0.05) is 29.6 Å². The molecule has 0 amide bonds. The van der Waals surface area contributed by atoms with Crippen molar-refractivity contribution in [3.05, 3.63) is 112 Å². The van der Waals surface area contributed by atoms with Crippen LogP contribution >= 0.6 is 12.2 Å². The Balaban J connectivity index is 1.58. The van der Waals surface area contributed by atoms with E-state index in [4.69, 9.17) is 16.6 Å². The third-order valence-electron chi connectivity index (χ3n) is 5.67. The van der Waals surface area contributed by atoms with Crippen LogP contribution in [0.25, 0.3) is 11.3 Å². The van der Waals surface area contributed by atoms with Crippen LogP contribution in [0.3, 0.4) is 0 Å². The Labute approximate surface area is 195 Å². The zero-order chi connectivity index (χ0) is 22.9. The number of anilines is 1. The van der Waals surface area contributed by atoms with Crippen molar-refractivity contribution in [2.24, 2.45) is 0 Å². The molecule has 0 aliphatic carbocycles. The van der Waals surface area contributed by atoms with Crippen LogP contribution in [-0.2, 0) is 0 Å². The number of aryl methyl sites for hydroxylation is 1. The van der Waals surface area contributed by atoms with Crippen molar-refractivity contribution in [2.45, 2.75) is 19.0 Å². The predicted octanol–water partition coefficient (Wildman–Crippen LogP) is 5.74. The van der Waals surface area contributed by atoms with E-state index >= 15 is 0 Å². The summed E-state index contributed by atoms with van der Waals surface area (Å²) in [5.41, 5.74) is 3.59. The molecule has 8 heteroatoms. The summed E-state index contributed by atoms with van der Waals surface area (Å²) in [6.07, 6.45) is 1.75. The number of thiocarbonyl (C=S) groups is 1. The highest BCUT2D eigenvalue weighted by molar-refractivity contribution is 7.80. The summed E-state index contributed by atoms with van der Waals surface area (Å²) in [5.74, 6) is 1.23. The second kappa shape index (κ2) is 8.48. The molecule has 3 heterocycles. The summed E-state index contributed by atoms with van der Waals surface area (Å²) in [5, 5.41) is 15.2. The molecule has 0 saturated carbocycles. The average molecular weight is 457 g/mol. The number of non-ortho nitro benzene ring substituents is 1. The third kappa shape index (κ3) is 3.96. The van der Waals surface area contributed by atoms with E-state index in [1.807, 2.05) is 66.4 Å². The molecule has 1 aliphatic rings. The topological polar surface area (TPSA) is 84.4 Å². The molecular weight excluding hydrogens is 436 g/mol. The average Bonchev–Trinajstić information content (AvgIpc) is 3.45. The molecule has 33 heavy (non-hydrogen) atoms. The van der Waals surface area contributed by atoms with Gasteiger partial charge in [-0.05, 0) is 55.5 Å². The van der Waals surface area contributed by atoms with E-state index in [0.717, 1.165) is 16.9 Å². The standard InChI is InChI=1S/C25H20N4O3S/c1-16-8-10-18(11-9-16)28-24(23(27-25(28)33)20-7-2-3-14-26-20)22-13-12-21(32-22)17-5-4-6-19(15-17)29(30)31/h2-15,23-24H,1H3,(H,27,33)/t23-,24+/m1/s1. The Morgan fingerprint density at radius 2 is 1.88 bits per heavy atom. The minimum absolute atomic E-state index is 0.0156. The molecule has 0 unspecified atom stereocenters. The van der Waals surface area contributed by atoms with Crippen LogP contribution in [0.15, 0.2) is 89.5 Å². The second-order valence-electron chi connectivity index (χ2n) is 7.84. The molecule has 2 aromatic carbocycles. The van der Waals surface area contributed by atoms with E-state index < -0.39 is 4.92 Å². The Morgan fingerprint density at radius 3 is 2.61 bits per heavy atom. The summed E-state index contributed by atoms with van der Waals surface area (Å²) < 4.78 is 6.27. The Kier molecular flexibility index (Phi) is 5.35. The Hall–Kier alpha value is -4.04. The first kappa shape index (κ1) is 20.8. The normalized spacial score (nSPS) is 17.7. The highest BCUT2D eigenvalue weighted by Crippen LogP contribution is 2.43. The van der Waals surface area contributed by atoms with Gasteiger partial charge < -0.3 is 14.6 Å². The molecule has 2 aromatic heterocycles. The monoisotopic (exact) mass is 456 g/mol. The highest BCUT2D eigenvalue weighted by Gasteiger charge is 2.42. The van der Waals surface area contributed by atoms with Gasteiger partial charge in [0.1, 0.15) is 17.6 Å². The number of hydrogen-bond donors (Lipinski definition) is 1. The van der Waals surface area contributed by atoms with Crippen molar-refractivity contribution in [3.8, 4) is 11.3 Å². The van der Waals surface area contributed by atoms with E-state index in [1.165, 1.54) is 12.1 Å². The quantitative estimate of drug-likeness (QED) is 0.233. The minimum Gasteiger partial charge on any atom is -0.459 e. The lowest BCUT2D eigenvalue weighted by Gasteiger charge is -2.26. The number of pyridine rings is 1. The van der Waals surface area contributed by atoms with Gasteiger partial charge in [-0.3, -0.25) is 15.1 Å². The maximum Gasteiger partial charge on any atom is 0.270 e. The SMILES string of the molecule is Cc1ccc(N2C(=S)N[C@H](c3ccccn3)[C@@H]2c2ccc(-c3cccc([N+](=O)[O-])c3)o2)cc1. The number of nitro benzene ring substituents is 1. The van der Waals surface area contributed by atoms with Gasteiger partial charge in [0.05, 0.1) is 16.7 Å². The fraction of sp³-hybridized carbons (Fsp3) is 0.120. The van der Waals surface area contributed by atoms with Gasteiger partial charge >= 0.3 is 0 Å². The first-order valence-electron chi connectivity index (χ1n) is 10.4. The molecule has 1 fully saturated rings. The van der Waals surface area contributed by atoms with E-state index in [1.54, 1.807) is 18.3 Å².